The van der Waals surface area contributed by atoms with Gasteiger partial charge in [0, 0.05) is 24.0 Å². The maximum Gasteiger partial charge on any atom is 0.347 e. The highest BCUT2D eigenvalue weighted by atomic mass is 19.1. The largest absolute Gasteiger partial charge is 0.459 e. The lowest BCUT2D eigenvalue weighted by atomic mass is 9.86. The van der Waals surface area contributed by atoms with Crippen molar-refractivity contribution >= 4 is 5.97 Å². The number of benzene rings is 2. The molecule has 6 heteroatoms. The van der Waals surface area contributed by atoms with Crippen molar-refractivity contribution in [3.63, 3.8) is 0 Å². The van der Waals surface area contributed by atoms with Gasteiger partial charge in [0.05, 0.1) is 14.1 Å². The van der Waals surface area contributed by atoms with Crippen LogP contribution < -0.4 is 0 Å². The van der Waals surface area contributed by atoms with E-state index in [1.54, 1.807) is 0 Å². The molecule has 1 fully saturated rings. The summed E-state index contributed by atoms with van der Waals surface area (Å²) in [5.74, 6) is -2.14. The second kappa shape index (κ2) is 7.04. The number of aliphatic hydroxyl groups is 1. The van der Waals surface area contributed by atoms with Gasteiger partial charge >= 0.3 is 5.97 Å². The van der Waals surface area contributed by atoms with Crippen LogP contribution >= 0.6 is 0 Å². The van der Waals surface area contributed by atoms with Crippen LogP contribution in [0.5, 0.6) is 0 Å². The molecule has 152 valence electrons. The fraction of sp³-hybridized carbons (Fsp3) is 0.348. The zero-order valence-corrected chi connectivity index (χ0v) is 16.4. The van der Waals surface area contributed by atoms with Crippen molar-refractivity contribution < 1.29 is 27.9 Å². The molecule has 1 N–H and O–H groups in total. The number of rotatable bonds is 4. The molecule has 2 aromatic carbocycles. The first-order chi connectivity index (χ1) is 13.7. The average Bonchev–Trinajstić information content (AvgIpc) is 2.84. The topological polar surface area (TPSA) is 46.5 Å². The van der Waals surface area contributed by atoms with Gasteiger partial charge in [0.15, 0.2) is 0 Å². The van der Waals surface area contributed by atoms with Gasteiger partial charge in [0.1, 0.15) is 29.8 Å². The van der Waals surface area contributed by atoms with Gasteiger partial charge in [-0.25, -0.2) is 13.6 Å². The summed E-state index contributed by atoms with van der Waals surface area (Å²) in [6, 6.07) is 10.7. The van der Waals surface area contributed by atoms with Crippen LogP contribution in [-0.4, -0.2) is 47.8 Å². The Bertz CT molecular complexity index is 909. The molecule has 1 saturated heterocycles. The number of carbonyl (C=O) groups is 1. The van der Waals surface area contributed by atoms with Crippen LogP contribution in [0.2, 0.25) is 0 Å². The second-order valence-electron chi connectivity index (χ2n) is 8.38. The summed E-state index contributed by atoms with van der Waals surface area (Å²) in [6.07, 6.45) is 5.17. The molecule has 2 bridgehead atoms. The maximum absolute atomic E-state index is 13.9. The Balaban J connectivity index is 1.66. The molecule has 2 heterocycles. The van der Waals surface area contributed by atoms with E-state index in [9.17, 15) is 18.7 Å². The van der Waals surface area contributed by atoms with Crippen molar-refractivity contribution in [1.82, 2.24) is 0 Å². The average molecular weight is 400 g/mol. The molecule has 2 aliphatic rings. The lowest BCUT2D eigenvalue weighted by Crippen LogP contribution is -2.57. The number of quaternary nitrogens is 1. The molecule has 2 aliphatic heterocycles. The fourth-order valence-corrected chi connectivity index (χ4v) is 4.44. The van der Waals surface area contributed by atoms with Crippen molar-refractivity contribution in [2.75, 3.05) is 14.1 Å². The molecule has 0 aromatic heterocycles. The van der Waals surface area contributed by atoms with E-state index in [1.807, 2.05) is 0 Å². The molecule has 4 nitrogen and oxygen atoms in total. The van der Waals surface area contributed by atoms with Crippen LogP contribution in [0.25, 0.3) is 0 Å². The highest BCUT2D eigenvalue weighted by Crippen LogP contribution is 2.38. The van der Waals surface area contributed by atoms with Gasteiger partial charge in [-0.3, -0.25) is 0 Å². The van der Waals surface area contributed by atoms with Crippen LogP contribution in [0.3, 0.4) is 0 Å². The summed E-state index contributed by atoms with van der Waals surface area (Å²) in [6.45, 7) is 0. The summed E-state index contributed by atoms with van der Waals surface area (Å²) in [4.78, 5) is 13.2. The molecule has 0 amide bonds. The molecule has 3 atom stereocenters. The Morgan fingerprint density at radius 1 is 1.00 bits per heavy atom. The van der Waals surface area contributed by atoms with Gasteiger partial charge in [-0.05, 0) is 36.4 Å². The Morgan fingerprint density at radius 2 is 1.48 bits per heavy atom. The van der Waals surface area contributed by atoms with E-state index < -0.39 is 23.2 Å². The van der Waals surface area contributed by atoms with Gasteiger partial charge in [-0.2, -0.15) is 0 Å². The number of ether oxygens (including phenoxy) is 1. The summed E-state index contributed by atoms with van der Waals surface area (Å²) < 4.78 is 34.3. The molecular formula is C23H24F2NO3+. The molecule has 2 unspecified atom stereocenters. The maximum atomic E-state index is 13.9. The van der Waals surface area contributed by atoms with Crippen LogP contribution in [0.4, 0.5) is 8.78 Å². The minimum absolute atomic E-state index is 0.00103. The number of piperidine rings is 1. The van der Waals surface area contributed by atoms with Gasteiger partial charge in [-0.1, -0.05) is 24.3 Å². The third-order valence-electron chi connectivity index (χ3n) is 6.33. The Morgan fingerprint density at radius 3 is 1.93 bits per heavy atom. The molecule has 4 rings (SSSR count). The number of fused-ring (bicyclic) bond motifs is 2. The molecular weight excluding hydrogens is 376 g/mol. The van der Waals surface area contributed by atoms with E-state index in [4.69, 9.17) is 4.74 Å². The van der Waals surface area contributed by atoms with Gasteiger partial charge in [0.25, 0.3) is 0 Å². The summed E-state index contributed by atoms with van der Waals surface area (Å²) in [5, 5.41) is 11.4. The quantitative estimate of drug-likeness (QED) is 0.487. The molecule has 0 saturated carbocycles. The monoisotopic (exact) mass is 400 g/mol. The van der Waals surface area contributed by atoms with Crippen LogP contribution in [0.15, 0.2) is 60.7 Å². The first-order valence-corrected chi connectivity index (χ1v) is 9.68. The number of carbonyl (C=O) groups excluding carboxylic acids is 1. The number of likely N-dealkylation sites (N-methyl/N-ethyl adjacent to an activating group) is 1. The van der Waals surface area contributed by atoms with E-state index in [0.717, 1.165) is 16.6 Å². The Hall–Kier alpha value is -2.57. The van der Waals surface area contributed by atoms with Gasteiger partial charge < -0.3 is 14.3 Å². The predicted molar refractivity (Wildman–Crippen MR) is 104 cm³/mol. The van der Waals surface area contributed by atoms with Gasteiger partial charge in [-0.15, -0.1) is 0 Å². The van der Waals surface area contributed by atoms with E-state index in [-0.39, 0.29) is 29.3 Å². The third-order valence-corrected chi connectivity index (χ3v) is 6.33. The van der Waals surface area contributed by atoms with Gasteiger partial charge in [0.2, 0.25) is 5.60 Å². The zero-order valence-electron chi connectivity index (χ0n) is 16.4. The van der Waals surface area contributed by atoms with Crippen LogP contribution in [0.1, 0.15) is 24.0 Å². The fourth-order valence-electron chi connectivity index (χ4n) is 4.44. The lowest BCUT2D eigenvalue weighted by Gasteiger charge is -2.44. The number of hydrogen-bond acceptors (Lipinski definition) is 3. The van der Waals surface area contributed by atoms with Crippen LogP contribution in [-0.2, 0) is 15.1 Å². The normalized spacial score (nSPS) is 25.1. The molecule has 0 spiro atoms. The lowest BCUT2D eigenvalue weighted by molar-refractivity contribution is -0.926. The van der Waals surface area contributed by atoms with Crippen molar-refractivity contribution in [2.45, 2.75) is 36.6 Å². The highest BCUT2D eigenvalue weighted by Gasteiger charge is 2.49. The minimum atomic E-state index is -2.31. The van der Waals surface area contributed by atoms with Crippen molar-refractivity contribution in [3.8, 4) is 0 Å². The summed E-state index contributed by atoms with van der Waals surface area (Å²) >= 11 is 0. The predicted octanol–water partition coefficient (Wildman–Crippen LogP) is 3.29. The Labute approximate surface area is 168 Å². The van der Waals surface area contributed by atoms with Crippen molar-refractivity contribution in [2.24, 2.45) is 0 Å². The second-order valence-corrected chi connectivity index (χ2v) is 8.38. The zero-order chi connectivity index (χ0) is 20.8. The number of hydrogen-bond donors (Lipinski definition) is 1. The Kier molecular flexibility index (Phi) is 4.79. The SMILES string of the molecule is C[N+]1(C)C2C=C[C@@H]1CC(OC(=O)C(O)(c1cccc(F)c1)c1cccc(F)c1)C2. The molecule has 2 aromatic rings. The van der Waals surface area contributed by atoms with Crippen molar-refractivity contribution in [1.29, 1.82) is 0 Å². The van der Waals surface area contributed by atoms with Crippen LogP contribution in [0, 0.1) is 11.6 Å². The first-order valence-electron chi connectivity index (χ1n) is 9.68. The van der Waals surface area contributed by atoms with E-state index >= 15 is 0 Å². The smallest absolute Gasteiger partial charge is 0.347 e. The summed E-state index contributed by atoms with van der Waals surface area (Å²) in [7, 11) is 4.28. The first kappa shape index (κ1) is 19.7. The molecule has 0 aliphatic carbocycles. The number of halogens is 2. The van der Waals surface area contributed by atoms with E-state index in [0.29, 0.717) is 12.8 Å². The number of nitrogens with zero attached hydrogens (tertiary/aromatic N) is 1. The minimum Gasteiger partial charge on any atom is -0.459 e. The van der Waals surface area contributed by atoms with E-state index in [2.05, 4.69) is 26.2 Å². The van der Waals surface area contributed by atoms with E-state index in [1.165, 1.54) is 36.4 Å². The summed E-state index contributed by atoms with van der Waals surface area (Å²) in [5.41, 5.74) is -2.30. The standard InChI is InChI=1S/C23H24F2NO3/c1-26(2)19-9-10-20(26)14-21(13-19)29-22(27)23(28,15-5-3-7-17(24)11-15)16-6-4-8-18(25)12-16/h3-12,19-21,28H,13-14H2,1-2H3/q+1/t19-,20?,21?/m1/s1. The third kappa shape index (κ3) is 3.36. The molecule has 29 heavy (non-hydrogen) atoms. The number of esters is 1. The van der Waals surface area contributed by atoms with Crippen molar-refractivity contribution in [3.05, 3.63) is 83.4 Å². The highest BCUT2D eigenvalue weighted by molar-refractivity contribution is 5.85. The molecule has 0 radical (unpaired) electrons.